The van der Waals surface area contributed by atoms with Crippen LogP contribution < -0.4 is 5.30 Å². The molecule has 1 heterocycles. The van der Waals surface area contributed by atoms with Crippen LogP contribution in [0.15, 0.2) is 46.9 Å². The van der Waals surface area contributed by atoms with Crippen molar-refractivity contribution in [2.45, 2.75) is 38.5 Å². The highest BCUT2D eigenvalue weighted by atomic mass is 31.2. The lowest BCUT2D eigenvalue weighted by molar-refractivity contribution is -0.137. The minimum Gasteiger partial charge on any atom is -0.436 e. The molecule has 1 unspecified atom stereocenters. The standard InChI is InChI=1S/C20H19F3NO3P/c1-2-28(25,27-15-7-4-8-15)16-9-10-18-17(12-16)24-19(26-18)13-5-3-6-14(11-13)20(21,22)23/h3,5-6,9-12,15H,2,4,7-8H2,1H3. The summed E-state index contributed by atoms with van der Waals surface area (Å²) in [6.45, 7) is 1.82. The zero-order valence-electron chi connectivity index (χ0n) is 15.2. The quantitative estimate of drug-likeness (QED) is 0.485. The monoisotopic (exact) mass is 409 g/mol. The van der Waals surface area contributed by atoms with Crippen molar-refractivity contribution in [1.82, 2.24) is 4.98 Å². The molecule has 148 valence electrons. The molecule has 0 radical (unpaired) electrons. The molecule has 0 N–H and O–H groups in total. The van der Waals surface area contributed by atoms with Crippen LogP contribution in [0.5, 0.6) is 0 Å². The Morgan fingerprint density at radius 2 is 2.00 bits per heavy atom. The summed E-state index contributed by atoms with van der Waals surface area (Å²) in [5.74, 6) is 0.0875. The topological polar surface area (TPSA) is 52.3 Å². The van der Waals surface area contributed by atoms with Gasteiger partial charge in [-0.2, -0.15) is 13.2 Å². The maximum absolute atomic E-state index is 13.3. The molecule has 0 amide bonds. The molecule has 1 aliphatic rings. The van der Waals surface area contributed by atoms with E-state index in [1.807, 2.05) is 6.92 Å². The zero-order valence-corrected chi connectivity index (χ0v) is 16.1. The first-order chi connectivity index (χ1) is 13.3. The van der Waals surface area contributed by atoms with Gasteiger partial charge in [0, 0.05) is 17.0 Å². The van der Waals surface area contributed by atoms with Gasteiger partial charge in [-0.05, 0) is 55.7 Å². The van der Waals surface area contributed by atoms with Crippen molar-refractivity contribution >= 4 is 23.8 Å². The molecular formula is C20H19F3NO3P. The van der Waals surface area contributed by atoms with Crippen molar-refractivity contribution in [3.05, 3.63) is 48.0 Å². The summed E-state index contributed by atoms with van der Waals surface area (Å²) < 4.78 is 63.6. The smallest absolute Gasteiger partial charge is 0.416 e. The minimum absolute atomic E-state index is 0.0273. The van der Waals surface area contributed by atoms with Crippen molar-refractivity contribution in [3.8, 4) is 11.5 Å². The average molecular weight is 409 g/mol. The van der Waals surface area contributed by atoms with E-state index in [0.29, 0.717) is 22.6 Å². The second-order valence-corrected chi connectivity index (χ2v) is 9.60. The normalized spacial score (nSPS) is 17.4. The number of aromatic nitrogens is 1. The van der Waals surface area contributed by atoms with Crippen LogP contribution in [0.1, 0.15) is 31.7 Å². The van der Waals surface area contributed by atoms with Crippen molar-refractivity contribution in [2.24, 2.45) is 0 Å². The van der Waals surface area contributed by atoms with Gasteiger partial charge >= 0.3 is 6.18 Å². The number of nitrogens with zero attached hydrogens (tertiary/aromatic N) is 1. The summed E-state index contributed by atoms with van der Waals surface area (Å²) in [5.41, 5.74) is 0.326. The number of fused-ring (bicyclic) bond motifs is 1. The van der Waals surface area contributed by atoms with Gasteiger partial charge in [-0.3, -0.25) is 4.57 Å². The van der Waals surface area contributed by atoms with E-state index in [4.69, 9.17) is 8.94 Å². The molecule has 0 bridgehead atoms. The second kappa shape index (κ2) is 7.05. The molecule has 2 aromatic carbocycles. The Morgan fingerprint density at radius 3 is 2.64 bits per heavy atom. The first kappa shape index (κ1) is 19.2. The Kier molecular flexibility index (Phi) is 4.84. The van der Waals surface area contributed by atoms with Crippen LogP contribution in [-0.2, 0) is 15.3 Å². The SMILES string of the molecule is CCP(=O)(OC1CCC1)c1ccc2oc(-c3cccc(C(F)(F)F)c3)nc2c1. The van der Waals surface area contributed by atoms with Gasteiger partial charge in [-0.1, -0.05) is 13.0 Å². The van der Waals surface area contributed by atoms with Gasteiger partial charge in [0.05, 0.1) is 11.7 Å². The first-order valence-corrected chi connectivity index (χ1v) is 11.0. The van der Waals surface area contributed by atoms with E-state index in [2.05, 4.69) is 4.98 Å². The van der Waals surface area contributed by atoms with E-state index >= 15 is 0 Å². The fourth-order valence-electron chi connectivity index (χ4n) is 3.11. The number of hydrogen-bond acceptors (Lipinski definition) is 4. The van der Waals surface area contributed by atoms with Gasteiger partial charge in [0.15, 0.2) is 5.58 Å². The predicted octanol–water partition coefficient (Wildman–Crippen LogP) is 6.01. The summed E-state index contributed by atoms with van der Waals surface area (Å²) in [6.07, 6.45) is -1.14. The summed E-state index contributed by atoms with van der Waals surface area (Å²) in [7, 11) is -3.00. The molecule has 1 fully saturated rings. The van der Waals surface area contributed by atoms with Gasteiger partial charge < -0.3 is 8.94 Å². The van der Waals surface area contributed by atoms with Crippen LogP contribution in [0.2, 0.25) is 0 Å². The molecule has 4 rings (SSSR count). The minimum atomic E-state index is -4.44. The molecule has 1 aromatic heterocycles. The molecule has 1 saturated carbocycles. The number of alkyl halides is 3. The number of benzene rings is 2. The average Bonchev–Trinajstić information content (AvgIpc) is 3.07. The predicted molar refractivity (Wildman–Crippen MR) is 101 cm³/mol. The molecule has 0 saturated heterocycles. The third-order valence-corrected chi connectivity index (χ3v) is 7.53. The fourth-order valence-corrected chi connectivity index (χ4v) is 5.06. The second-order valence-electron chi connectivity index (χ2n) is 6.90. The molecule has 3 aromatic rings. The molecule has 1 atom stereocenters. The van der Waals surface area contributed by atoms with Crippen molar-refractivity contribution in [2.75, 3.05) is 6.16 Å². The maximum atomic E-state index is 13.3. The van der Waals surface area contributed by atoms with Crippen LogP contribution >= 0.6 is 7.37 Å². The van der Waals surface area contributed by atoms with E-state index in [9.17, 15) is 17.7 Å². The van der Waals surface area contributed by atoms with Crippen molar-refractivity contribution < 1.29 is 26.7 Å². The third-order valence-electron chi connectivity index (χ3n) is 4.99. The fraction of sp³-hybridized carbons (Fsp3) is 0.350. The van der Waals surface area contributed by atoms with Crippen molar-refractivity contribution in [3.63, 3.8) is 0 Å². The lowest BCUT2D eigenvalue weighted by atomic mass is 9.97. The number of rotatable bonds is 5. The van der Waals surface area contributed by atoms with Crippen LogP contribution in [0.4, 0.5) is 13.2 Å². The first-order valence-electron chi connectivity index (χ1n) is 9.15. The van der Waals surface area contributed by atoms with Crippen LogP contribution in [0.3, 0.4) is 0 Å². The van der Waals surface area contributed by atoms with Crippen LogP contribution in [0, 0.1) is 0 Å². The highest BCUT2D eigenvalue weighted by Crippen LogP contribution is 2.49. The van der Waals surface area contributed by atoms with E-state index in [1.165, 1.54) is 12.1 Å². The summed E-state index contributed by atoms with van der Waals surface area (Å²) in [6, 6.07) is 9.81. The van der Waals surface area contributed by atoms with E-state index in [1.54, 1.807) is 18.2 Å². The Hall–Kier alpha value is -2.11. The molecule has 8 heteroatoms. The zero-order chi connectivity index (χ0) is 19.9. The lowest BCUT2D eigenvalue weighted by Crippen LogP contribution is -2.23. The highest BCUT2D eigenvalue weighted by molar-refractivity contribution is 7.67. The van der Waals surface area contributed by atoms with Gasteiger partial charge in [-0.25, -0.2) is 4.98 Å². The molecular weight excluding hydrogens is 390 g/mol. The number of hydrogen-bond donors (Lipinski definition) is 0. The summed E-state index contributed by atoms with van der Waals surface area (Å²) >= 11 is 0. The Morgan fingerprint density at radius 1 is 1.21 bits per heavy atom. The Balaban J connectivity index is 1.70. The van der Waals surface area contributed by atoms with Crippen LogP contribution in [0.25, 0.3) is 22.6 Å². The molecule has 0 spiro atoms. The Labute approximate surface area is 160 Å². The number of halogens is 3. The van der Waals surface area contributed by atoms with E-state index < -0.39 is 19.1 Å². The highest BCUT2D eigenvalue weighted by Gasteiger charge is 2.32. The van der Waals surface area contributed by atoms with Gasteiger partial charge in [0.1, 0.15) is 5.52 Å². The van der Waals surface area contributed by atoms with Crippen LogP contribution in [-0.4, -0.2) is 17.2 Å². The van der Waals surface area contributed by atoms with E-state index in [-0.39, 0.29) is 17.6 Å². The summed E-state index contributed by atoms with van der Waals surface area (Å²) in [4.78, 5) is 4.32. The largest absolute Gasteiger partial charge is 0.436 e. The molecule has 0 aliphatic heterocycles. The van der Waals surface area contributed by atoms with Gasteiger partial charge in [0.2, 0.25) is 13.3 Å². The van der Waals surface area contributed by atoms with Gasteiger partial charge in [0.25, 0.3) is 0 Å². The molecule has 28 heavy (non-hydrogen) atoms. The lowest BCUT2D eigenvalue weighted by Gasteiger charge is -2.30. The van der Waals surface area contributed by atoms with E-state index in [0.717, 1.165) is 31.4 Å². The Bertz CT molecular complexity index is 1060. The molecule has 4 nitrogen and oxygen atoms in total. The van der Waals surface area contributed by atoms with Gasteiger partial charge in [-0.15, -0.1) is 0 Å². The third kappa shape index (κ3) is 3.61. The van der Waals surface area contributed by atoms with Crippen molar-refractivity contribution in [1.29, 1.82) is 0 Å². The maximum Gasteiger partial charge on any atom is 0.416 e. The number of oxazole rings is 1. The molecule has 1 aliphatic carbocycles. The summed E-state index contributed by atoms with van der Waals surface area (Å²) in [5, 5.41) is 0.554.